The molecule has 144 valence electrons. The highest BCUT2D eigenvalue weighted by Gasteiger charge is 2.31. The predicted octanol–water partition coefficient (Wildman–Crippen LogP) is 2.75. The Hall–Kier alpha value is -1.77. The third-order valence-corrected chi connectivity index (χ3v) is 4.00. The Morgan fingerprint density at radius 2 is 1.64 bits per heavy atom. The summed E-state index contributed by atoms with van der Waals surface area (Å²) in [5.74, 6) is 0. The minimum absolute atomic E-state index is 0.398. The molecule has 1 saturated heterocycles. The van der Waals surface area contributed by atoms with Gasteiger partial charge in [-0.25, -0.2) is 22.7 Å². The van der Waals surface area contributed by atoms with E-state index in [1.54, 1.807) is 41.5 Å². The van der Waals surface area contributed by atoms with E-state index in [0.29, 0.717) is 13.0 Å². The third kappa shape index (κ3) is 8.24. The molecule has 2 amide bonds. The molecular formula is C16H28N2O6S. The maximum Gasteiger partial charge on any atom is 0.421 e. The van der Waals surface area contributed by atoms with Crippen LogP contribution in [0.25, 0.3) is 0 Å². The van der Waals surface area contributed by atoms with Crippen LogP contribution in [0.5, 0.6) is 0 Å². The van der Waals surface area contributed by atoms with E-state index in [-0.39, 0.29) is 0 Å². The van der Waals surface area contributed by atoms with Crippen molar-refractivity contribution >= 4 is 22.2 Å². The monoisotopic (exact) mass is 376 g/mol. The lowest BCUT2D eigenvalue weighted by Crippen LogP contribution is -2.39. The quantitative estimate of drug-likeness (QED) is 0.812. The van der Waals surface area contributed by atoms with Crippen LogP contribution in [0.3, 0.4) is 0 Å². The van der Waals surface area contributed by atoms with Crippen LogP contribution >= 0.6 is 0 Å². The number of carbonyl (C=O) groups is 2. The van der Waals surface area contributed by atoms with Crippen LogP contribution in [0.2, 0.25) is 0 Å². The molecule has 0 aromatic rings. The smallest absolute Gasteiger partial charge is 0.421 e. The van der Waals surface area contributed by atoms with Gasteiger partial charge in [0.05, 0.1) is 6.04 Å². The second-order valence-electron chi connectivity index (χ2n) is 7.86. The molecule has 1 heterocycles. The van der Waals surface area contributed by atoms with Crippen molar-refractivity contribution < 1.29 is 27.5 Å². The van der Waals surface area contributed by atoms with Gasteiger partial charge in [-0.2, -0.15) is 0 Å². The van der Waals surface area contributed by atoms with Gasteiger partial charge in [0.15, 0.2) is 0 Å². The van der Waals surface area contributed by atoms with Gasteiger partial charge < -0.3 is 14.4 Å². The number of sulfonamides is 1. The molecule has 1 N–H and O–H groups in total. The molecule has 1 aliphatic heterocycles. The molecule has 1 atom stereocenters. The summed E-state index contributed by atoms with van der Waals surface area (Å²) in [5, 5.41) is 0.879. The number of ether oxygens (including phenoxy) is 2. The summed E-state index contributed by atoms with van der Waals surface area (Å²) < 4.78 is 35.9. The number of hydrogen-bond acceptors (Lipinski definition) is 6. The number of nitrogens with zero attached hydrogens (tertiary/aromatic N) is 1. The Bertz CT molecular complexity index is 628. The van der Waals surface area contributed by atoms with E-state index in [1.165, 1.54) is 11.0 Å². The van der Waals surface area contributed by atoms with Gasteiger partial charge in [-0.1, -0.05) is 0 Å². The number of carbonyl (C=O) groups excluding carboxylic acids is 2. The van der Waals surface area contributed by atoms with Crippen LogP contribution in [0.1, 0.15) is 54.4 Å². The highest BCUT2D eigenvalue weighted by Crippen LogP contribution is 2.22. The number of likely N-dealkylation sites (tertiary alicyclic amines) is 1. The summed E-state index contributed by atoms with van der Waals surface area (Å²) in [6.07, 6.45) is 1.21. The van der Waals surface area contributed by atoms with Crippen molar-refractivity contribution in [2.75, 3.05) is 6.54 Å². The fourth-order valence-corrected chi connectivity index (χ4v) is 2.91. The highest BCUT2D eigenvalue weighted by molar-refractivity contribution is 7.92. The van der Waals surface area contributed by atoms with Crippen molar-refractivity contribution in [2.24, 2.45) is 0 Å². The average Bonchev–Trinajstić information content (AvgIpc) is 2.79. The maximum absolute atomic E-state index is 12.2. The van der Waals surface area contributed by atoms with Crippen LogP contribution in [0, 0.1) is 0 Å². The Balaban J connectivity index is 2.72. The first-order valence-electron chi connectivity index (χ1n) is 8.12. The minimum atomic E-state index is -4.01. The number of nitrogens with one attached hydrogen (secondary N) is 1. The van der Waals surface area contributed by atoms with E-state index < -0.39 is 39.5 Å². The molecule has 1 fully saturated rings. The molecule has 0 aromatic carbocycles. The predicted molar refractivity (Wildman–Crippen MR) is 93.4 cm³/mol. The van der Waals surface area contributed by atoms with Crippen LogP contribution in [-0.4, -0.2) is 49.3 Å². The molecule has 0 radical (unpaired) electrons. The normalized spacial score (nSPS) is 19.1. The Labute approximate surface area is 149 Å². The van der Waals surface area contributed by atoms with Gasteiger partial charge in [0, 0.05) is 12.0 Å². The minimum Gasteiger partial charge on any atom is -0.444 e. The van der Waals surface area contributed by atoms with Crippen LogP contribution in [-0.2, 0) is 19.5 Å². The average molecular weight is 376 g/mol. The molecule has 1 unspecified atom stereocenters. The molecule has 0 saturated carbocycles. The second-order valence-corrected chi connectivity index (χ2v) is 9.43. The lowest BCUT2D eigenvalue weighted by Gasteiger charge is -2.27. The molecule has 0 spiro atoms. The summed E-state index contributed by atoms with van der Waals surface area (Å²) in [5.41, 5.74) is -1.43. The number of rotatable bonds is 3. The van der Waals surface area contributed by atoms with Crippen molar-refractivity contribution in [3.63, 3.8) is 0 Å². The summed E-state index contributed by atoms with van der Waals surface area (Å²) in [6.45, 7) is 10.7. The first kappa shape index (κ1) is 21.3. The highest BCUT2D eigenvalue weighted by atomic mass is 32.2. The van der Waals surface area contributed by atoms with Gasteiger partial charge in [-0.05, 0) is 60.5 Å². The lowest BCUT2D eigenvalue weighted by atomic mass is 10.2. The molecule has 1 rings (SSSR count). The molecule has 1 aliphatic rings. The zero-order chi connectivity index (χ0) is 19.5. The van der Waals surface area contributed by atoms with Gasteiger partial charge in [0.2, 0.25) is 0 Å². The largest absolute Gasteiger partial charge is 0.444 e. The standard InChI is InChI=1S/C16H28N2O6S/c1-15(2,3)23-13(19)17-25(21,22)11-9-12-8-7-10-18(12)14(20)24-16(4,5)6/h9,11-12H,7-8,10H2,1-6H3,(H,17,19)/b11-9+. The van der Waals surface area contributed by atoms with Gasteiger partial charge >= 0.3 is 12.2 Å². The van der Waals surface area contributed by atoms with Crippen LogP contribution in [0.4, 0.5) is 9.59 Å². The summed E-state index contributed by atoms with van der Waals surface area (Å²) >= 11 is 0. The first-order chi connectivity index (χ1) is 11.2. The van der Waals surface area contributed by atoms with Crippen molar-refractivity contribution in [2.45, 2.75) is 71.6 Å². The molecule has 0 bridgehead atoms. The lowest BCUT2D eigenvalue weighted by molar-refractivity contribution is 0.0255. The van der Waals surface area contributed by atoms with Gasteiger partial charge in [-0.3, -0.25) is 0 Å². The first-order valence-corrected chi connectivity index (χ1v) is 9.67. The summed E-state index contributed by atoms with van der Waals surface area (Å²) in [4.78, 5) is 25.2. The fraction of sp³-hybridized carbons (Fsp3) is 0.750. The number of hydrogen-bond donors (Lipinski definition) is 1. The third-order valence-electron chi connectivity index (χ3n) is 3.03. The zero-order valence-electron chi connectivity index (χ0n) is 15.7. The van der Waals surface area contributed by atoms with E-state index in [9.17, 15) is 18.0 Å². The van der Waals surface area contributed by atoms with Crippen LogP contribution < -0.4 is 4.72 Å². The summed E-state index contributed by atoms with van der Waals surface area (Å²) in [7, 11) is -4.01. The fourth-order valence-electron chi connectivity index (χ4n) is 2.18. The van der Waals surface area contributed by atoms with E-state index in [1.807, 2.05) is 4.72 Å². The van der Waals surface area contributed by atoms with Crippen LogP contribution in [0.15, 0.2) is 11.5 Å². The second kappa shape index (κ2) is 7.63. The van der Waals surface area contributed by atoms with Gasteiger partial charge in [0.1, 0.15) is 11.2 Å². The molecule has 0 aromatic heterocycles. The number of amides is 2. The van der Waals surface area contributed by atoms with Crippen molar-refractivity contribution in [3.8, 4) is 0 Å². The maximum atomic E-state index is 12.2. The molecule has 25 heavy (non-hydrogen) atoms. The van der Waals surface area contributed by atoms with Crippen molar-refractivity contribution in [3.05, 3.63) is 11.5 Å². The van der Waals surface area contributed by atoms with Gasteiger partial charge in [0.25, 0.3) is 10.0 Å². The molecule has 0 aliphatic carbocycles. The van der Waals surface area contributed by atoms with E-state index >= 15 is 0 Å². The van der Waals surface area contributed by atoms with E-state index in [4.69, 9.17) is 9.47 Å². The summed E-state index contributed by atoms with van der Waals surface area (Å²) in [6, 6.07) is -0.398. The zero-order valence-corrected chi connectivity index (χ0v) is 16.5. The topological polar surface area (TPSA) is 102 Å². The van der Waals surface area contributed by atoms with Crippen molar-refractivity contribution in [1.29, 1.82) is 0 Å². The Morgan fingerprint density at radius 3 is 2.16 bits per heavy atom. The Kier molecular flexibility index (Phi) is 6.50. The molecule has 9 heteroatoms. The Morgan fingerprint density at radius 1 is 1.08 bits per heavy atom. The van der Waals surface area contributed by atoms with E-state index in [2.05, 4.69) is 0 Å². The van der Waals surface area contributed by atoms with Crippen molar-refractivity contribution in [1.82, 2.24) is 9.62 Å². The molecule has 8 nitrogen and oxygen atoms in total. The van der Waals surface area contributed by atoms with E-state index in [0.717, 1.165) is 11.8 Å². The SMILES string of the molecule is CC(C)(C)OC(=O)NS(=O)(=O)/C=C/C1CCCN1C(=O)OC(C)(C)C. The van der Waals surface area contributed by atoms with Gasteiger partial charge in [-0.15, -0.1) is 0 Å². The molecular weight excluding hydrogens is 348 g/mol.